The van der Waals surface area contributed by atoms with Crippen molar-refractivity contribution in [2.45, 2.75) is 44.8 Å². The van der Waals surface area contributed by atoms with Gasteiger partial charge >= 0.3 is 12.5 Å². The Hall–Kier alpha value is -3.37. The van der Waals surface area contributed by atoms with Crippen LogP contribution >= 0.6 is 0 Å². The van der Waals surface area contributed by atoms with Crippen molar-refractivity contribution in [1.82, 2.24) is 14.8 Å². The third kappa shape index (κ3) is 3.82. The first kappa shape index (κ1) is 20.5. The Kier molecular flexibility index (Phi) is 4.72. The van der Waals surface area contributed by atoms with Crippen molar-refractivity contribution in [3.05, 3.63) is 59.0 Å². The molecule has 3 aromatic rings. The highest BCUT2D eigenvalue weighted by Crippen LogP contribution is 2.41. The van der Waals surface area contributed by atoms with Gasteiger partial charge in [-0.3, -0.25) is 0 Å². The maximum absolute atomic E-state index is 13.5. The normalized spacial score (nSPS) is 16.7. The van der Waals surface area contributed by atoms with Crippen LogP contribution < -0.4 is 14.2 Å². The van der Waals surface area contributed by atoms with E-state index in [0.717, 1.165) is 6.42 Å². The summed E-state index contributed by atoms with van der Waals surface area (Å²) in [6, 6.07) is 7.28. The average molecular weight is 453 g/mol. The Morgan fingerprint density at radius 3 is 2.62 bits per heavy atom. The molecule has 5 rings (SSSR count). The van der Waals surface area contributed by atoms with E-state index in [-0.39, 0.29) is 29.5 Å². The van der Waals surface area contributed by atoms with Crippen LogP contribution in [0.25, 0.3) is 5.69 Å². The van der Waals surface area contributed by atoms with Gasteiger partial charge in [-0.05, 0) is 49.4 Å². The van der Waals surface area contributed by atoms with Crippen LogP contribution in [-0.4, -0.2) is 21.1 Å². The maximum atomic E-state index is 13.5. The van der Waals surface area contributed by atoms with E-state index < -0.39 is 18.2 Å². The zero-order valence-electron chi connectivity index (χ0n) is 16.5. The summed E-state index contributed by atoms with van der Waals surface area (Å²) >= 11 is 0. The third-order valence-corrected chi connectivity index (χ3v) is 5.26. The second-order valence-electron chi connectivity index (χ2n) is 7.48. The van der Waals surface area contributed by atoms with Crippen molar-refractivity contribution in [2.24, 2.45) is 0 Å². The smallest absolute Gasteiger partial charge is 0.473 e. The van der Waals surface area contributed by atoms with E-state index in [1.54, 1.807) is 6.07 Å². The lowest BCUT2D eigenvalue weighted by atomic mass is 9.95. The molecule has 2 aliphatic rings. The number of aromatic nitrogens is 3. The maximum Gasteiger partial charge on any atom is 0.586 e. The first-order valence-electron chi connectivity index (χ1n) is 9.85. The van der Waals surface area contributed by atoms with E-state index in [2.05, 4.69) is 19.6 Å². The molecule has 11 heteroatoms. The molecule has 1 aliphatic heterocycles. The number of ether oxygens (including phenoxy) is 3. The summed E-state index contributed by atoms with van der Waals surface area (Å²) in [6.07, 6.45) is -4.53. The second-order valence-corrected chi connectivity index (χ2v) is 7.48. The molecular formula is C21H16F5N3O3. The largest absolute Gasteiger partial charge is 0.586 e. The van der Waals surface area contributed by atoms with Crippen molar-refractivity contribution >= 4 is 0 Å². The number of rotatable bonds is 4. The number of alkyl halides is 5. The summed E-state index contributed by atoms with van der Waals surface area (Å²) in [5.74, 6) is -0.0393. The minimum Gasteiger partial charge on any atom is -0.473 e. The number of benzene rings is 1. The molecule has 2 aromatic heterocycles. The molecule has 0 amide bonds. The van der Waals surface area contributed by atoms with Crippen molar-refractivity contribution in [1.29, 1.82) is 0 Å². The lowest BCUT2D eigenvalue weighted by molar-refractivity contribution is -0.286. The molecule has 1 aromatic carbocycles. The van der Waals surface area contributed by atoms with Crippen molar-refractivity contribution in [2.75, 3.05) is 0 Å². The van der Waals surface area contributed by atoms with Crippen molar-refractivity contribution < 1.29 is 36.2 Å². The average Bonchev–Trinajstić information content (AvgIpc) is 3.28. The molecular weight excluding hydrogens is 437 g/mol. The quantitative estimate of drug-likeness (QED) is 0.517. The Morgan fingerprint density at radius 1 is 1.03 bits per heavy atom. The van der Waals surface area contributed by atoms with Crippen LogP contribution in [0.4, 0.5) is 22.0 Å². The Balaban J connectivity index is 1.38. The SMILES string of the molecule is FC1(F)Oc2ccc(COc3cc(-n4nc(C(F)(F)F)c5c4CCCC5)ccn3)cc2O1. The van der Waals surface area contributed by atoms with Gasteiger partial charge in [-0.1, -0.05) is 6.07 Å². The van der Waals surface area contributed by atoms with Gasteiger partial charge < -0.3 is 14.2 Å². The summed E-state index contributed by atoms with van der Waals surface area (Å²) in [4.78, 5) is 4.08. The molecule has 168 valence electrons. The molecule has 0 atom stereocenters. The van der Waals surface area contributed by atoms with E-state index in [1.165, 1.54) is 35.1 Å². The predicted molar refractivity (Wildman–Crippen MR) is 100.0 cm³/mol. The molecule has 0 spiro atoms. The fraction of sp³-hybridized carbons (Fsp3) is 0.333. The highest BCUT2D eigenvalue weighted by molar-refractivity contribution is 5.45. The van der Waals surface area contributed by atoms with Gasteiger partial charge in [-0.25, -0.2) is 9.67 Å². The molecule has 0 saturated heterocycles. The number of hydrogen-bond acceptors (Lipinski definition) is 5. The molecule has 0 N–H and O–H groups in total. The molecule has 32 heavy (non-hydrogen) atoms. The van der Waals surface area contributed by atoms with Crippen LogP contribution in [0.3, 0.4) is 0 Å². The van der Waals surface area contributed by atoms with Gasteiger partial charge in [0.1, 0.15) is 6.61 Å². The van der Waals surface area contributed by atoms with Crippen molar-refractivity contribution in [3.8, 4) is 23.1 Å². The molecule has 0 fully saturated rings. The summed E-state index contributed by atoms with van der Waals surface area (Å²) < 4.78 is 82.4. The lowest BCUT2D eigenvalue weighted by Gasteiger charge is -2.15. The van der Waals surface area contributed by atoms with Gasteiger partial charge in [0.25, 0.3) is 0 Å². The Labute approximate surface area is 178 Å². The number of fused-ring (bicyclic) bond motifs is 2. The summed E-state index contributed by atoms with van der Waals surface area (Å²) in [5, 5.41) is 3.85. The summed E-state index contributed by atoms with van der Waals surface area (Å²) in [7, 11) is 0. The fourth-order valence-corrected chi connectivity index (χ4v) is 3.89. The molecule has 3 heterocycles. The highest BCUT2D eigenvalue weighted by atomic mass is 19.4. The molecule has 1 aliphatic carbocycles. The monoisotopic (exact) mass is 453 g/mol. The minimum atomic E-state index is -4.53. The van der Waals surface area contributed by atoms with Gasteiger partial charge in [0, 0.05) is 23.5 Å². The molecule has 0 saturated carbocycles. The highest BCUT2D eigenvalue weighted by Gasteiger charge is 2.43. The van der Waals surface area contributed by atoms with Crippen LogP contribution in [0, 0.1) is 0 Å². The first-order valence-corrected chi connectivity index (χ1v) is 9.85. The number of nitrogens with zero attached hydrogens (tertiary/aromatic N) is 3. The zero-order chi connectivity index (χ0) is 22.5. The summed E-state index contributed by atoms with van der Waals surface area (Å²) in [5.41, 5.74) is 0.836. The summed E-state index contributed by atoms with van der Waals surface area (Å²) in [6.45, 7) is -0.0241. The van der Waals surface area contributed by atoms with Crippen LogP contribution in [0.2, 0.25) is 0 Å². The lowest BCUT2D eigenvalue weighted by Crippen LogP contribution is -2.25. The van der Waals surface area contributed by atoms with Crippen LogP contribution in [0.5, 0.6) is 17.4 Å². The Bertz CT molecular complexity index is 1180. The molecule has 0 unspecified atom stereocenters. The predicted octanol–water partition coefficient (Wildman–Crippen LogP) is 5.07. The number of pyridine rings is 1. The van der Waals surface area contributed by atoms with Gasteiger partial charge in [0.15, 0.2) is 17.2 Å². The van der Waals surface area contributed by atoms with E-state index in [0.29, 0.717) is 36.2 Å². The molecule has 6 nitrogen and oxygen atoms in total. The number of hydrogen-bond donors (Lipinski definition) is 0. The van der Waals surface area contributed by atoms with Gasteiger partial charge in [0.2, 0.25) is 5.88 Å². The van der Waals surface area contributed by atoms with E-state index in [9.17, 15) is 22.0 Å². The first-order chi connectivity index (χ1) is 15.2. The zero-order valence-corrected chi connectivity index (χ0v) is 16.5. The Morgan fingerprint density at radius 2 is 1.81 bits per heavy atom. The van der Waals surface area contributed by atoms with Crippen LogP contribution in [0.1, 0.15) is 35.4 Å². The van der Waals surface area contributed by atoms with Crippen LogP contribution in [0.15, 0.2) is 36.5 Å². The van der Waals surface area contributed by atoms with Gasteiger partial charge in [0.05, 0.1) is 5.69 Å². The minimum absolute atomic E-state index is 0.0241. The molecule has 0 radical (unpaired) electrons. The number of halogens is 5. The molecule has 0 bridgehead atoms. The van der Waals surface area contributed by atoms with Crippen molar-refractivity contribution in [3.63, 3.8) is 0 Å². The van der Waals surface area contributed by atoms with E-state index in [1.807, 2.05) is 0 Å². The van der Waals surface area contributed by atoms with E-state index in [4.69, 9.17) is 4.74 Å². The van der Waals surface area contributed by atoms with E-state index >= 15 is 0 Å². The topological polar surface area (TPSA) is 58.4 Å². The van der Waals surface area contributed by atoms with Gasteiger partial charge in [-0.15, -0.1) is 8.78 Å². The third-order valence-electron chi connectivity index (χ3n) is 5.26. The van der Waals surface area contributed by atoms with Gasteiger partial charge in [-0.2, -0.15) is 18.3 Å². The standard InChI is InChI=1S/C21H16F5N3O3/c22-20(23,24)19-14-3-1-2-4-15(14)29(28-19)13-7-8-27-18(10-13)30-11-12-5-6-16-17(9-12)32-21(25,26)31-16/h5-10H,1-4,11H2. The fourth-order valence-electron chi connectivity index (χ4n) is 3.89. The van der Waals surface area contributed by atoms with Crippen LogP contribution in [-0.2, 0) is 25.6 Å². The second kappa shape index (κ2) is 7.35.